The minimum Gasteiger partial charge on any atom is -0.396 e. The summed E-state index contributed by atoms with van der Waals surface area (Å²) < 4.78 is 0. The molecule has 0 aliphatic heterocycles. The molecular weight excluding hydrogens is 250 g/mol. The fraction of sp³-hybridized carbons (Fsp3) is 0.667. The minimum atomic E-state index is -0.243. The van der Waals surface area contributed by atoms with Gasteiger partial charge in [-0.25, -0.2) is 9.78 Å². The second-order valence-corrected chi connectivity index (χ2v) is 5.96. The lowest BCUT2D eigenvalue weighted by molar-refractivity contribution is 0.206. The van der Waals surface area contributed by atoms with E-state index in [2.05, 4.69) is 22.5 Å². The molecule has 2 amide bonds. The van der Waals surface area contributed by atoms with Crippen molar-refractivity contribution in [2.45, 2.75) is 32.6 Å². The number of nitrogens with zero attached hydrogens (tertiary/aromatic N) is 1. The number of aliphatic hydroxyl groups is 1. The van der Waals surface area contributed by atoms with Crippen molar-refractivity contribution in [1.29, 1.82) is 0 Å². The molecule has 1 heterocycles. The first-order valence-corrected chi connectivity index (χ1v) is 7.09. The van der Waals surface area contributed by atoms with E-state index >= 15 is 0 Å². The summed E-state index contributed by atoms with van der Waals surface area (Å²) in [6, 6.07) is -0.243. The Morgan fingerprint density at radius 1 is 1.61 bits per heavy atom. The zero-order chi connectivity index (χ0) is 13.0. The van der Waals surface area contributed by atoms with Gasteiger partial charge in [0.15, 0.2) is 5.13 Å². The number of aromatic nitrogens is 1. The Balaban J connectivity index is 1.76. The molecule has 1 aromatic rings. The molecule has 0 unspecified atom stereocenters. The summed E-state index contributed by atoms with van der Waals surface area (Å²) in [4.78, 5) is 17.0. The number of nitrogens with one attached hydrogen (secondary N) is 2. The molecule has 0 atom stereocenters. The van der Waals surface area contributed by atoms with Crippen LogP contribution in [0.1, 0.15) is 31.1 Å². The molecule has 1 aromatic heterocycles. The smallest absolute Gasteiger partial charge is 0.321 e. The van der Waals surface area contributed by atoms with Gasteiger partial charge in [-0.05, 0) is 19.3 Å². The van der Waals surface area contributed by atoms with Crippen LogP contribution < -0.4 is 10.6 Å². The van der Waals surface area contributed by atoms with E-state index in [0.717, 1.165) is 25.7 Å². The summed E-state index contributed by atoms with van der Waals surface area (Å²) in [5.74, 6) is 0. The Morgan fingerprint density at radius 3 is 3.00 bits per heavy atom. The van der Waals surface area contributed by atoms with Crippen molar-refractivity contribution in [3.8, 4) is 0 Å². The molecule has 0 bridgehead atoms. The Bertz CT molecular complexity index is 415. The van der Waals surface area contributed by atoms with E-state index < -0.39 is 0 Å². The van der Waals surface area contributed by atoms with Crippen LogP contribution >= 0.6 is 11.3 Å². The quantitative estimate of drug-likeness (QED) is 0.739. The first kappa shape index (κ1) is 13.3. The molecule has 2 rings (SSSR count). The summed E-state index contributed by atoms with van der Waals surface area (Å²) in [5.41, 5.74) is -0.0619. The van der Waals surface area contributed by atoms with Gasteiger partial charge in [-0.2, -0.15) is 0 Å². The molecule has 5 nitrogen and oxygen atoms in total. The summed E-state index contributed by atoms with van der Waals surface area (Å²) in [6.45, 7) is 2.79. The molecule has 1 aliphatic carbocycles. The van der Waals surface area contributed by atoms with Gasteiger partial charge in [0.2, 0.25) is 0 Å². The maximum Gasteiger partial charge on any atom is 0.321 e. The molecule has 3 N–H and O–H groups in total. The van der Waals surface area contributed by atoms with E-state index in [1.807, 2.05) is 0 Å². The van der Waals surface area contributed by atoms with Crippen LogP contribution in [0.2, 0.25) is 0 Å². The van der Waals surface area contributed by atoms with Crippen LogP contribution in [0.3, 0.4) is 0 Å². The van der Waals surface area contributed by atoms with E-state index in [1.165, 1.54) is 16.2 Å². The predicted molar refractivity (Wildman–Crippen MR) is 71.9 cm³/mol. The zero-order valence-corrected chi connectivity index (χ0v) is 11.3. The number of anilines is 1. The number of amides is 2. The number of urea groups is 1. The van der Waals surface area contributed by atoms with Crippen molar-refractivity contribution >= 4 is 22.5 Å². The molecule has 1 aliphatic rings. The fourth-order valence-electron chi connectivity index (χ4n) is 1.70. The Morgan fingerprint density at radius 2 is 2.39 bits per heavy atom. The number of rotatable bonds is 6. The first-order valence-electron chi connectivity index (χ1n) is 6.28. The van der Waals surface area contributed by atoms with E-state index in [-0.39, 0.29) is 18.1 Å². The molecule has 1 saturated carbocycles. The van der Waals surface area contributed by atoms with Crippen LogP contribution in [0.25, 0.3) is 0 Å². The highest BCUT2D eigenvalue weighted by atomic mass is 32.1. The van der Waals surface area contributed by atoms with Crippen LogP contribution in [0.15, 0.2) is 6.20 Å². The number of aryl methyl sites for hydroxylation is 1. The van der Waals surface area contributed by atoms with Gasteiger partial charge in [-0.3, -0.25) is 5.32 Å². The predicted octanol–water partition coefficient (Wildman–Crippen LogP) is 1.99. The van der Waals surface area contributed by atoms with Gasteiger partial charge in [0.1, 0.15) is 0 Å². The van der Waals surface area contributed by atoms with Gasteiger partial charge in [-0.15, -0.1) is 11.3 Å². The SMILES string of the molecule is CCCc1cnc(NC(=O)NCC2(CO)CC2)s1. The van der Waals surface area contributed by atoms with Gasteiger partial charge in [0, 0.05) is 23.0 Å². The Kier molecular flexibility index (Phi) is 4.19. The summed E-state index contributed by atoms with van der Waals surface area (Å²) >= 11 is 1.51. The maximum absolute atomic E-state index is 11.6. The number of carbonyl (C=O) groups excluding carboxylic acids is 1. The monoisotopic (exact) mass is 269 g/mol. The topological polar surface area (TPSA) is 74.2 Å². The maximum atomic E-state index is 11.6. The van der Waals surface area contributed by atoms with E-state index in [1.54, 1.807) is 6.20 Å². The zero-order valence-electron chi connectivity index (χ0n) is 10.5. The molecule has 18 heavy (non-hydrogen) atoms. The molecule has 100 valence electrons. The van der Waals surface area contributed by atoms with Gasteiger partial charge < -0.3 is 10.4 Å². The highest BCUT2D eigenvalue weighted by Crippen LogP contribution is 2.44. The number of hydrogen-bond acceptors (Lipinski definition) is 4. The lowest BCUT2D eigenvalue weighted by Crippen LogP contribution is -2.35. The number of thiazole rings is 1. The Labute approximate surface area is 111 Å². The van der Waals surface area contributed by atoms with Crippen molar-refractivity contribution in [3.05, 3.63) is 11.1 Å². The highest BCUT2D eigenvalue weighted by molar-refractivity contribution is 7.15. The van der Waals surface area contributed by atoms with Gasteiger partial charge >= 0.3 is 6.03 Å². The highest BCUT2D eigenvalue weighted by Gasteiger charge is 2.42. The molecule has 0 aromatic carbocycles. The third-order valence-corrected chi connectivity index (χ3v) is 4.16. The molecular formula is C12H19N3O2S. The average molecular weight is 269 g/mol. The third-order valence-electron chi connectivity index (χ3n) is 3.19. The first-order chi connectivity index (χ1) is 8.67. The fourth-order valence-corrected chi connectivity index (χ4v) is 2.61. The summed E-state index contributed by atoms with van der Waals surface area (Å²) in [7, 11) is 0. The normalized spacial score (nSPS) is 16.3. The van der Waals surface area contributed by atoms with Crippen LogP contribution in [0.5, 0.6) is 0 Å². The number of carbonyl (C=O) groups is 1. The van der Waals surface area contributed by atoms with Crippen molar-refractivity contribution in [3.63, 3.8) is 0 Å². The lowest BCUT2D eigenvalue weighted by atomic mass is 10.1. The van der Waals surface area contributed by atoms with Gasteiger partial charge in [-0.1, -0.05) is 13.3 Å². The van der Waals surface area contributed by atoms with E-state index in [9.17, 15) is 4.79 Å². The molecule has 0 saturated heterocycles. The van der Waals surface area contributed by atoms with Crippen molar-refractivity contribution in [1.82, 2.24) is 10.3 Å². The van der Waals surface area contributed by atoms with E-state index in [0.29, 0.717) is 11.7 Å². The molecule has 0 spiro atoms. The molecule has 0 radical (unpaired) electrons. The largest absolute Gasteiger partial charge is 0.396 e. The molecule has 6 heteroatoms. The number of hydrogen-bond donors (Lipinski definition) is 3. The average Bonchev–Trinajstić information content (AvgIpc) is 3.03. The standard InChI is InChI=1S/C12H19N3O2S/c1-2-3-9-6-13-11(18-9)15-10(17)14-7-12(8-16)4-5-12/h6,16H,2-5,7-8H2,1H3,(H2,13,14,15,17). The van der Waals surface area contributed by atoms with Gasteiger partial charge in [0.05, 0.1) is 6.61 Å². The van der Waals surface area contributed by atoms with Crippen molar-refractivity contribution in [2.24, 2.45) is 5.41 Å². The third kappa shape index (κ3) is 3.43. The second kappa shape index (κ2) is 5.67. The molecule has 1 fully saturated rings. The van der Waals surface area contributed by atoms with Crippen LogP contribution in [0, 0.1) is 5.41 Å². The van der Waals surface area contributed by atoms with Crippen molar-refractivity contribution in [2.75, 3.05) is 18.5 Å². The summed E-state index contributed by atoms with van der Waals surface area (Å²) in [5, 5.41) is 15.3. The van der Waals surface area contributed by atoms with Gasteiger partial charge in [0.25, 0.3) is 0 Å². The summed E-state index contributed by atoms with van der Waals surface area (Å²) in [6.07, 6.45) is 5.85. The van der Waals surface area contributed by atoms with Crippen LogP contribution in [-0.4, -0.2) is 29.3 Å². The van der Waals surface area contributed by atoms with Crippen LogP contribution in [-0.2, 0) is 6.42 Å². The second-order valence-electron chi connectivity index (χ2n) is 4.85. The van der Waals surface area contributed by atoms with Crippen molar-refractivity contribution < 1.29 is 9.90 Å². The van der Waals surface area contributed by atoms with E-state index in [4.69, 9.17) is 5.11 Å². The minimum absolute atomic E-state index is 0.0619. The number of aliphatic hydroxyl groups excluding tert-OH is 1. The van der Waals surface area contributed by atoms with Crippen LogP contribution in [0.4, 0.5) is 9.93 Å². The lowest BCUT2D eigenvalue weighted by Gasteiger charge is -2.12. The Hall–Kier alpha value is -1.14.